The van der Waals surface area contributed by atoms with Gasteiger partial charge in [-0.3, -0.25) is 4.79 Å². The Morgan fingerprint density at radius 1 is 1.15 bits per heavy atom. The largest absolute Gasteiger partial charge is 0.506 e. The maximum atomic E-state index is 13.1. The standard InChI is InChI=1S/C19H18N2O5/c1-10-16(21-9-12(22)5-7-15(21)18(10)25-2)17(23)11-4-6-14(20)13(8-11)19(24)26-3/h4-9,22H,20H2,1-3H3. The van der Waals surface area contributed by atoms with Crippen LogP contribution in [0, 0.1) is 6.92 Å². The van der Waals surface area contributed by atoms with Crippen LogP contribution in [-0.4, -0.2) is 35.5 Å². The molecule has 3 aromatic rings. The van der Waals surface area contributed by atoms with E-state index in [4.69, 9.17) is 15.2 Å². The average Bonchev–Trinajstić information content (AvgIpc) is 2.91. The predicted molar refractivity (Wildman–Crippen MR) is 96.0 cm³/mol. The Bertz CT molecular complexity index is 1040. The van der Waals surface area contributed by atoms with Crippen molar-refractivity contribution in [3.8, 4) is 11.5 Å². The second-order valence-electron chi connectivity index (χ2n) is 5.77. The summed E-state index contributed by atoms with van der Waals surface area (Å²) in [5, 5.41) is 9.81. The monoisotopic (exact) mass is 354 g/mol. The molecular formula is C19H18N2O5. The van der Waals surface area contributed by atoms with Crippen LogP contribution in [0.4, 0.5) is 5.69 Å². The van der Waals surface area contributed by atoms with Crippen LogP contribution >= 0.6 is 0 Å². The normalized spacial score (nSPS) is 10.7. The molecule has 0 saturated carbocycles. The molecule has 0 aliphatic heterocycles. The number of benzene rings is 1. The molecule has 26 heavy (non-hydrogen) atoms. The van der Waals surface area contributed by atoms with Gasteiger partial charge in [-0.2, -0.15) is 0 Å². The second-order valence-corrected chi connectivity index (χ2v) is 5.77. The van der Waals surface area contributed by atoms with Crippen LogP contribution in [0.25, 0.3) is 5.52 Å². The molecule has 0 unspecified atom stereocenters. The summed E-state index contributed by atoms with van der Waals surface area (Å²) in [5.74, 6) is -0.408. The van der Waals surface area contributed by atoms with Crippen molar-refractivity contribution in [2.45, 2.75) is 6.92 Å². The summed E-state index contributed by atoms with van der Waals surface area (Å²) in [6, 6.07) is 7.61. The molecule has 0 radical (unpaired) electrons. The van der Waals surface area contributed by atoms with E-state index in [-0.39, 0.29) is 28.3 Å². The maximum Gasteiger partial charge on any atom is 0.339 e. The van der Waals surface area contributed by atoms with Gasteiger partial charge in [0.25, 0.3) is 0 Å². The van der Waals surface area contributed by atoms with Crippen molar-refractivity contribution < 1.29 is 24.2 Å². The zero-order chi connectivity index (χ0) is 19.0. The van der Waals surface area contributed by atoms with E-state index in [2.05, 4.69) is 0 Å². The highest BCUT2D eigenvalue weighted by Gasteiger charge is 2.24. The molecule has 0 bridgehead atoms. The lowest BCUT2D eigenvalue weighted by Gasteiger charge is -2.08. The lowest BCUT2D eigenvalue weighted by atomic mass is 10.0. The minimum Gasteiger partial charge on any atom is -0.506 e. The number of esters is 1. The van der Waals surface area contributed by atoms with E-state index < -0.39 is 5.97 Å². The molecular weight excluding hydrogens is 336 g/mol. The molecule has 7 nitrogen and oxygen atoms in total. The van der Waals surface area contributed by atoms with Crippen molar-refractivity contribution in [3.63, 3.8) is 0 Å². The summed E-state index contributed by atoms with van der Waals surface area (Å²) in [6.07, 6.45) is 1.44. The minimum absolute atomic E-state index is 0.0109. The first-order chi connectivity index (χ1) is 12.4. The number of carbonyl (C=O) groups excluding carboxylic acids is 2. The van der Waals surface area contributed by atoms with E-state index >= 15 is 0 Å². The molecule has 134 valence electrons. The summed E-state index contributed by atoms with van der Waals surface area (Å²) in [4.78, 5) is 25.0. The summed E-state index contributed by atoms with van der Waals surface area (Å²) < 4.78 is 11.7. The summed E-state index contributed by atoms with van der Waals surface area (Å²) >= 11 is 0. The quantitative estimate of drug-likeness (QED) is 0.424. The number of pyridine rings is 1. The van der Waals surface area contributed by atoms with Crippen molar-refractivity contribution in [1.29, 1.82) is 0 Å². The number of nitrogen functional groups attached to an aromatic ring is 1. The van der Waals surface area contributed by atoms with Crippen molar-refractivity contribution in [2.24, 2.45) is 0 Å². The number of carbonyl (C=O) groups is 2. The molecule has 0 spiro atoms. The molecule has 2 aromatic heterocycles. The molecule has 0 aliphatic carbocycles. The third-order valence-electron chi connectivity index (χ3n) is 4.24. The molecule has 7 heteroatoms. The summed E-state index contributed by atoms with van der Waals surface area (Å²) in [7, 11) is 2.76. The fourth-order valence-electron chi connectivity index (χ4n) is 3.00. The van der Waals surface area contributed by atoms with Gasteiger partial charge in [0, 0.05) is 16.8 Å². The number of rotatable bonds is 4. The van der Waals surface area contributed by atoms with Gasteiger partial charge in [0.15, 0.2) is 0 Å². The Labute approximate surface area is 149 Å². The van der Waals surface area contributed by atoms with Gasteiger partial charge in [-0.15, -0.1) is 0 Å². The Hall–Kier alpha value is -3.48. The highest BCUT2D eigenvalue weighted by Crippen LogP contribution is 2.33. The third kappa shape index (κ3) is 2.63. The number of nitrogens with two attached hydrogens (primary N) is 1. The van der Waals surface area contributed by atoms with Crippen LogP contribution in [0.2, 0.25) is 0 Å². The number of fused-ring (bicyclic) bond motifs is 1. The topological polar surface area (TPSA) is 103 Å². The molecule has 3 rings (SSSR count). The highest BCUT2D eigenvalue weighted by molar-refractivity contribution is 6.12. The summed E-state index contributed by atoms with van der Waals surface area (Å²) in [5.41, 5.74) is 8.01. The molecule has 1 aromatic carbocycles. The van der Waals surface area contributed by atoms with Crippen molar-refractivity contribution in [3.05, 3.63) is 58.9 Å². The Morgan fingerprint density at radius 2 is 1.88 bits per heavy atom. The number of nitrogens with zero attached hydrogens (tertiary/aromatic N) is 1. The van der Waals surface area contributed by atoms with Crippen LogP contribution in [0.3, 0.4) is 0 Å². The molecule has 0 saturated heterocycles. The molecule has 0 amide bonds. The first-order valence-corrected chi connectivity index (χ1v) is 7.79. The smallest absolute Gasteiger partial charge is 0.339 e. The molecule has 0 fully saturated rings. The van der Waals surface area contributed by atoms with Gasteiger partial charge in [-0.1, -0.05) is 0 Å². The van der Waals surface area contributed by atoms with Gasteiger partial charge in [0.05, 0.1) is 31.5 Å². The van der Waals surface area contributed by atoms with Crippen molar-refractivity contribution in [2.75, 3.05) is 20.0 Å². The third-order valence-corrected chi connectivity index (χ3v) is 4.24. The second kappa shape index (κ2) is 6.44. The molecule has 0 aliphatic rings. The lowest BCUT2D eigenvalue weighted by molar-refractivity contribution is 0.0602. The van der Waals surface area contributed by atoms with Gasteiger partial charge in [0.1, 0.15) is 17.2 Å². The Kier molecular flexibility index (Phi) is 4.29. The fourth-order valence-corrected chi connectivity index (χ4v) is 3.00. The maximum absolute atomic E-state index is 13.1. The van der Waals surface area contributed by atoms with E-state index in [0.29, 0.717) is 22.5 Å². The number of hydrogen-bond donors (Lipinski definition) is 2. The van der Waals surface area contributed by atoms with E-state index in [1.165, 1.54) is 44.7 Å². The van der Waals surface area contributed by atoms with E-state index in [1.54, 1.807) is 17.4 Å². The van der Waals surface area contributed by atoms with Crippen LogP contribution < -0.4 is 10.5 Å². The van der Waals surface area contributed by atoms with Gasteiger partial charge in [-0.25, -0.2) is 4.79 Å². The van der Waals surface area contributed by atoms with Gasteiger partial charge >= 0.3 is 5.97 Å². The van der Waals surface area contributed by atoms with Crippen LogP contribution in [0.5, 0.6) is 11.5 Å². The number of aromatic hydroxyl groups is 1. The van der Waals surface area contributed by atoms with E-state index in [9.17, 15) is 14.7 Å². The van der Waals surface area contributed by atoms with Crippen LogP contribution in [0.15, 0.2) is 36.5 Å². The minimum atomic E-state index is -0.621. The Balaban J connectivity index is 2.21. The predicted octanol–water partition coefficient (Wildman–Crippen LogP) is 2.56. The van der Waals surface area contributed by atoms with Gasteiger partial charge in [-0.05, 0) is 37.3 Å². The number of anilines is 1. The zero-order valence-corrected chi connectivity index (χ0v) is 14.6. The van der Waals surface area contributed by atoms with Crippen LogP contribution in [0.1, 0.15) is 32.0 Å². The zero-order valence-electron chi connectivity index (χ0n) is 14.6. The number of ketones is 1. The van der Waals surface area contributed by atoms with Gasteiger partial charge in [0.2, 0.25) is 5.78 Å². The van der Waals surface area contributed by atoms with Crippen molar-refractivity contribution in [1.82, 2.24) is 4.40 Å². The molecule has 3 N–H and O–H groups in total. The number of aromatic nitrogens is 1. The van der Waals surface area contributed by atoms with Crippen molar-refractivity contribution >= 4 is 23.0 Å². The van der Waals surface area contributed by atoms with E-state index in [0.717, 1.165) is 0 Å². The van der Waals surface area contributed by atoms with Crippen LogP contribution in [-0.2, 0) is 4.74 Å². The lowest BCUT2D eigenvalue weighted by Crippen LogP contribution is -2.11. The average molecular weight is 354 g/mol. The SMILES string of the molecule is COC(=O)c1cc(C(=O)c2c(C)c(OC)c3ccc(O)cn23)ccc1N. The highest BCUT2D eigenvalue weighted by atomic mass is 16.5. The van der Waals surface area contributed by atoms with E-state index in [1.807, 2.05) is 0 Å². The molecule has 2 heterocycles. The molecule has 0 atom stereocenters. The number of methoxy groups -OCH3 is 2. The first kappa shape index (κ1) is 17.3. The fraction of sp³-hybridized carbons (Fsp3) is 0.158. The number of hydrogen-bond acceptors (Lipinski definition) is 6. The van der Waals surface area contributed by atoms with Gasteiger partial charge < -0.3 is 24.7 Å². The number of ether oxygens (including phenoxy) is 2. The summed E-state index contributed by atoms with van der Waals surface area (Å²) in [6.45, 7) is 1.76. The first-order valence-electron chi connectivity index (χ1n) is 7.79. The Morgan fingerprint density at radius 3 is 2.54 bits per heavy atom.